The van der Waals surface area contributed by atoms with E-state index in [0.717, 1.165) is 7.11 Å². The number of esters is 1. The number of alkyl halides is 3. The number of nitrogens with one attached hydrogen (secondary N) is 1. The van der Waals surface area contributed by atoms with Crippen molar-refractivity contribution >= 4 is 35.2 Å². The lowest BCUT2D eigenvalue weighted by Crippen LogP contribution is -2.13. The van der Waals surface area contributed by atoms with Gasteiger partial charge >= 0.3 is 12.1 Å². The summed E-state index contributed by atoms with van der Waals surface area (Å²) in [7, 11) is 1.00. The van der Waals surface area contributed by atoms with Crippen LogP contribution >= 0.6 is 11.6 Å². The van der Waals surface area contributed by atoms with E-state index in [2.05, 4.69) is 10.1 Å². The number of hydrogen-bond acceptors (Lipinski definition) is 4. The Labute approximate surface area is 144 Å². The Kier molecular flexibility index (Phi) is 5.32. The number of aldehydes is 1. The molecule has 0 saturated heterocycles. The first kappa shape index (κ1) is 18.7. The van der Waals surface area contributed by atoms with Gasteiger partial charge in [0, 0.05) is 16.3 Å². The maximum absolute atomic E-state index is 13.7. The van der Waals surface area contributed by atoms with Gasteiger partial charge in [0.15, 0.2) is 6.29 Å². The SMILES string of the molecule is COC(=O)c1cc(F)c(C(F)(F)F)cc1Nc1ccc(Cl)cc1C=O. The van der Waals surface area contributed by atoms with E-state index in [1.54, 1.807) is 0 Å². The van der Waals surface area contributed by atoms with Crippen LogP contribution in [0.15, 0.2) is 30.3 Å². The second-order valence-electron chi connectivity index (χ2n) is 4.84. The minimum Gasteiger partial charge on any atom is -0.465 e. The number of benzene rings is 2. The summed E-state index contributed by atoms with van der Waals surface area (Å²) in [6.07, 6.45) is -4.54. The summed E-state index contributed by atoms with van der Waals surface area (Å²) in [6, 6.07) is 4.87. The molecule has 0 aliphatic rings. The largest absolute Gasteiger partial charge is 0.465 e. The van der Waals surface area contributed by atoms with Crippen LogP contribution in [0.2, 0.25) is 5.02 Å². The third-order valence-corrected chi connectivity index (χ3v) is 3.46. The standard InChI is InChI=1S/C16H10ClF4NO3/c1-25-15(24)10-5-12(18)11(16(19,20)21)6-14(10)22-13-3-2-9(17)4-8(13)7-23/h2-7,22H,1H3. The van der Waals surface area contributed by atoms with Crippen LogP contribution in [0.1, 0.15) is 26.3 Å². The van der Waals surface area contributed by atoms with Gasteiger partial charge in [-0.05, 0) is 30.3 Å². The molecule has 25 heavy (non-hydrogen) atoms. The molecule has 9 heteroatoms. The van der Waals surface area contributed by atoms with Crippen LogP contribution in [0.3, 0.4) is 0 Å². The summed E-state index contributed by atoms with van der Waals surface area (Å²) in [4.78, 5) is 22.8. The van der Waals surface area contributed by atoms with E-state index in [4.69, 9.17) is 11.6 Å². The molecule has 132 valence electrons. The first-order valence-electron chi connectivity index (χ1n) is 6.68. The van der Waals surface area contributed by atoms with Crippen LogP contribution in [0.4, 0.5) is 28.9 Å². The van der Waals surface area contributed by atoms with Gasteiger partial charge < -0.3 is 10.1 Å². The average Bonchev–Trinajstić information content (AvgIpc) is 2.55. The smallest absolute Gasteiger partial charge is 0.419 e. The van der Waals surface area contributed by atoms with Gasteiger partial charge in [-0.25, -0.2) is 9.18 Å². The minimum atomic E-state index is -4.97. The summed E-state index contributed by atoms with van der Waals surface area (Å²) in [5, 5.41) is 2.75. The first-order chi connectivity index (χ1) is 11.7. The highest BCUT2D eigenvalue weighted by Gasteiger charge is 2.35. The molecule has 0 bridgehead atoms. The number of carbonyl (C=O) groups excluding carboxylic acids is 2. The number of hydrogen-bond donors (Lipinski definition) is 1. The third kappa shape index (κ3) is 4.08. The Morgan fingerprint density at radius 1 is 1.20 bits per heavy atom. The molecule has 0 saturated carbocycles. The number of ether oxygens (including phenoxy) is 1. The van der Waals surface area contributed by atoms with Gasteiger partial charge in [-0.3, -0.25) is 4.79 Å². The van der Waals surface area contributed by atoms with Crippen molar-refractivity contribution in [2.45, 2.75) is 6.18 Å². The van der Waals surface area contributed by atoms with Gasteiger partial charge in [0.05, 0.1) is 23.9 Å². The number of anilines is 2. The first-order valence-corrected chi connectivity index (χ1v) is 7.06. The zero-order chi connectivity index (χ0) is 18.8. The fourth-order valence-electron chi connectivity index (χ4n) is 2.06. The molecule has 0 heterocycles. The van der Waals surface area contributed by atoms with Gasteiger partial charge in [0.2, 0.25) is 0 Å². The second-order valence-corrected chi connectivity index (χ2v) is 5.28. The van der Waals surface area contributed by atoms with Crippen molar-refractivity contribution in [2.24, 2.45) is 0 Å². The fraction of sp³-hybridized carbons (Fsp3) is 0.125. The van der Waals surface area contributed by atoms with Crippen LogP contribution in [0.25, 0.3) is 0 Å². The molecule has 0 amide bonds. The van der Waals surface area contributed by atoms with E-state index in [9.17, 15) is 27.2 Å². The lowest BCUT2D eigenvalue weighted by molar-refractivity contribution is -0.139. The van der Waals surface area contributed by atoms with E-state index in [1.165, 1.54) is 18.2 Å². The monoisotopic (exact) mass is 375 g/mol. The quantitative estimate of drug-likeness (QED) is 0.472. The number of carbonyl (C=O) groups is 2. The molecule has 0 fully saturated rings. The van der Waals surface area contributed by atoms with Crippen molar-refractivity contribution in [3.8, 4) is 0 Å². The highest BCUT2D eigenvalue weighted by molar-refractivity contribution is 6.31. The van der Waals surface area contributed by atoms with E-state index in [-0.39, 0.29) is 22.0 Å². The Bertz CT molecular complexity index is 837. The van der Waals surface area contributed by atoms with Gasteiger partial charge in [-0.1, -0.05) is 11.6 Å². The summed E-state index contributed by atoms with van der Waals surface area (Å²) in [6.45, 7) is 0. The Hall–Kier alpha value is -2.61. The molecule has 0 aliphatic carbocycles. The summed E-state index contributed by atoms with van der Waals surface area (Å²) in [5.41, 5.74) is -2.26. The third-order valence-electron chi connectivity index (χ3n) is 3.23. The van der Waals surface area contributed by atoms with Crippen molar-refractivity contribution in [3.05, 3.63) is 57.9 Å². The second kappa shape index (κ2) is 7.10. The molecular weight excluding hydrogens is 366 g/mol. The van der Waals surface area contributed by atoms with E-state index >= 15 is 0 Å². The molecule has 0 atom stereocenters. The molecular formula is C16H10ClF4NO3. The van der Waals surface area contributed by atoms with Crippen LogP contribution < -0.4 is 5.32 Å². The average molecular weight is 376 g/mol. The fourth-order valence-corrected chi connectivity index (χ4v) is 2.24. The molecule has 0 spiro atoms. The number of rotatable bonds is 4. The predicted molar refractivity (Wildman–Crippen MR) is 82.9 cm³/mol. The molecule has 0 unspecified atom stereocenters. The predicted octanol–water partition coefficient (Wildman–Crippen LogP) is 4.84. The van der Waals surface area contributed by atoms with Crippen LogP contribution in [-0.4, -0.2) is 19.4 Å². The summed E-state index contributed by atoms with van der Waals surface area (Å²) in [5.74, 6) is -2.66. The Morgan fingerprint density at radius 2 is 1.88 bits per heavy atom. The molecule has 2 rings (SSSR count). The van der Waals surface area contributed by atoms with Crippen LogP contribution in [0, 0.1) is 5.82 Å². The maximum Gasteiger partial charge on any atom is 0.419 e. The Morgan fingerprint density at radius 3 is 2.44 bits per heavy atom. The van der Waals surface area contributed by atoms with Crippen molar-refractivity contribution in [1.82, 2.24) is 0 Å². The number of methoxy groups -OCH3 is 1. The molecule has 4 nitrogen and oxygen atoms in total. The highest BCUT2D eigenvalue weighted by atomic mass is 35.5. The van der Waals surface area contributed by atoms with Crippen LogP contribution in [0.5, 0.6) is 0 Å². The molecule has 0 aliphatic heterocycles. The molecule has 2 aromatic carbocycles. The van der Waals surface area contributed by atoms with E-state index in [0.29, 0.717) is 18.4 Å². The van der Waals surface area contributed by atoms with Gasteiger partial charge in [0.25, 0.3) is 0 Å². The Balaban J connectivity index is 2.62. The lowest BCUT2D eigenvalue weighted by Gasteiger charge is -2.16. The zero-order valence-corrected chi connectivity index (χ0v) is 13.3. The molecule has 2 aromatic rings. The summed E-state index contributed by atoms with van der Waals surface area (Å²) < 4.78 is 57.0. The number of halogens is 5. The van der Waals surface area contributed by atoms with E-state index in [1.807, 2.05) is 0 Å². The maximum atomic E-state index is 13.7. The molecule has 0 radical (unpaired) electrons. The van der Waals surface area contributed by atoms with Crippen molar-refractivity contribution in [3.63, 3.8) is 0 Å². The van der Waals surface area contributed by atoms with Crippen molar-refractivity contribution < 1.29 is 31.9 Å². The molecule has 0 aromatic heterocycles. The van der Waals surface area contributed by atoms with Crippen LogP contribution in [-0.2, 0) is 10.9 Å². The van der Waals surface area contributed by atoms with Gasteiger partial charge in [0.1, 0.15) is 5.82 Å². The van der Waals surface area contributed by atoms with Gasteiger partial charge in [-0.15, -0.1) is 0 Å². The summed E-state index contributed by atoms with van der Waals surface area (Å²) >= 11 is 5.75. The van der Waals surface area contributed by atoms with E-state index < -0.39 is 29.1 Å². The minimum absolute atomic E-state index is 0.0428. The van der Waals surface area contributed by atoms with Gasteiger partial charge in [-0.2, -0.15) is 13.2 Å². The highest BCUT2D eigenvalue weighted by Crippen LogP contribution is 2.36. The van der Waals surface area contributed by atoms with Crippen molar-refractivity contribution in [1.29, 1.82) is 0 Å². The normalized spacial score (nSPS) is 11.1. The zero-order valence-electron chi connectivity index (χ0n) is 12.6. The topological polar surface area (TPSA) is 55.4 Å². The van der Waals surface area contributed by atoms with Crippen molar-refractivity contribution in [2.75, 3.05) is 12.4 Å². The lowest BCUT2D eigenvalue weighted by atomic mass is 10.1. The molecule has 1 N–H and O–H groups in total.